The van der Waals surface area contributed by atoms with Gasteiger partial charge in [0.15, 0.2) is 0 Å². The molecule has 0 unspecified atom stereocenters. The van der Waals surface area contributed by atoms with Crippen molar-refractivity contribution < 1.29 is 17.2 Å². The monoisotopic (exact) mass is 473 g/mol. The molecule has 0 aromatic heterocycles. The van der Waals surface area contributed by atoms with Gasteiger partial charge in [0.25, 0.3) is 5.91 Å². The Labute approximate surface area is 208 Å². The van der Waals surface area contributed by atoms with Gasteiger partial charge in [0.05, 0.1) is 6.04 Å². The SMILES string of the molecule is CCN(CC)c1ccc(N/C=C(/C#N)C(=O)NC(c2ccccc2)c2ccccc2)c(C)c1.[Cl-]. The number of benzene rings is 3. The molecule has 3 rings (SSSR count). The number of carbonyl (C=O) groups is 1. The summed E-state index contributed by atoms with van der Waals surface area (Å²) >= 11 is 0. The molecule has 0 spiro atoms. The number of amides is 1. The van der Waals surface area contributed by atoms with Crippen LogP contribution in [-0.2, 0) is 4.79 Å². The van der Waals surface area contributed by atoms with Gasteiger partial charge in [0.1, 0.15) is 11.6 Å². The normalized spacial score (nSPS) is 10.7. The van der Waals surface area contributed by atoms with Gasteiger partial charge in [-0.15, -0.1) is 0 Å². The fraction of sp³-hybridized carbons (Fsp3) is 0.214. The van der Waals surface area contributed by atoms with Gasteiger partial charge in [0, 0.05) is 30.7 Å². The molecule has 0 aliphatic rings. The van der Waals surface area contributed by atoms with Gasteiger partial charge in [-0.25, -0.2) is 0 Å². The molecule has 0 heterocycles. The van der Waals surface area contributed by atoms with Crippen molar-refractivity contribution in [3.8, 4) is 6.07 Å². The molecule has 3 aromatic rings. The second-order valence-electron chi connectivity index (χ2n) is 7.71. The maximum Gasteiger partial charge on any atom is 0.264 e. The van der Waals surface area contributed by atoms with Gasteiger partial charge in [-0.3, -0.25) is 4.79 Å². The van der Waals surface area contributed by atoms with E-state index in [1.807, 2.05) is 85.8 Å². The van der Waals surface area contributed by atoms with Crippen LogP contribution in [0.5, 0.6) is 0 Å². The van der Waals surface area contributed by atoms with Gasteiger partial charge in [-0.05, 0) is 55.7 Å². The van der Waals surface area contributed by atoms with Gasteiger partial charge in [0.2, 0.25) is 0 Å². The first-order valence-corrected chi connectivity index (χ1v) is 11.2. The van der Waals surface area contributed by atoms with Gasteiger partial charge < -0.3 is 27.9 Å². The van der Waals surface area contributed by atoms with Crippen molar-refractivity contribution in [1.29, 1.82) is 5.26 Å². The average Bonchev–Trinajstić information content (AvgIpc) is 2.86. The highest BCUT2D eigenvalue weighted by molar-refractivity contribution is 5.98. The van der Waals surface area contributed by atoms with E-state index in [0.717, 1.165) is 41.2 Å². The molecule has 34 heavy (non-hydrogen) atoms. The summed E-state index contributed by atoms with van der Waals surface area (Å²) in [5, 5.41) is 15.8. The summed E-state index contributed by atoms with van der Waals surface area (Å²) in [5.41, 5.74) is 4.96. The van der Waals surface area contributed by atoms with E-state index in [1.165, 1.54) is 6.20 Å². The third-order valence-electron chi connectivity index (χ3n) is 5.62. The summed E-state index contributed by atoms with van der Waals surface area (Å²) in [6.07, 6.45) is 1.47. The molecule has 2 N–H and O–H groups in total. The van der Waals surface area contributed by atoms with Crippen molar-refractivity contribution >= 4 is 17.3 Å². The number of carbonyl (C=O) groups excluding carboxylic acids is 1. The Kier molecular flexibility index (Phi) is 10.2. The third-order valence-corrected chi connectivity index (χ3v) is 5.62. The van der Waals surface area contributed by atoms with Crippen LogP contribution in [-0.4, -0.2) is 19.0 Å². The van der Waals surface area contributed by atoms with E-state index < -0.39 is 5.91 Å². The highest BCUT2D eigenvalue weighted by Crippen LogP contribution is 2.24. The molecular formula is C28H30ClN4O-. The van der Waals surface area contributed by atoms with E-state index >= 15 is 0 Å². The first-order chi connectivity index (χ1) is 16.1. The van der Waals surface area contributed by atoms with Crippen LogP contribution >= 0.6 is 0 Å². The lowest BCUT2D eigenvalue weighted by molar-refractivity contribution is -0.117. The van der Waals surface area contributed by atoms with E-state index in [4.69, 9.17) is 0 Å². The number of nitrogens with zero attached hydrogens (tertiary/aromatic N) is 2. The highest BCUT2D eigenvalue weighted by Gasteiger charge is 2.19. The van der Waals surface area contributed by atoms with Crippen molar-refractivity contribution in [1.82, 2.24) is 5.32 Å². The van der Waals surface area contributed by atoms with Crippen LogP contribution in [0.4, 0.5) is 11.4 Å². The second-order valence-corrected chi connectivity index (χ2v) is 7.71. The predicted molar refractivity (Wildman–Crippen MR) is 135 cm³/mol. The summed E-state index contributed by atoms with van der Waals surface area (Å²) in [5.74, 6) is -0.430. The predicted octanol–water partition coefficient (Wildman–Crippen LogP) is 2.57. The van der Waals surface area contributed by atoms with E-state index in [0.29, 0.717) is 0 Å². The molecule has 0 aliphatic carbocycles. The van der Waals surface area contributed by atoms with Crippen LogP contribution in [0.25, 0.3) is 0 Å². The molecule has 5 nitrogen and oxygen atoms in total. The Balaban J connectivity index is 0.00000408. The van der Waals surface area contributed by atoms with Crippen LogP contribution in [0.15, 0.2) is 90.6 Å². The Morgan fingerprint density at radius 1 is 0.971 bits per heavy atom. The topological polar surface area (TPSA) is 68.2 Å². The molecule has 0 radical (unpaired) electrons. The number of hydrogen-bond donors (Lipinski definition) is 2. The minimum absolute atomic E-state index is 0. The number of anilines is 2. The fourth-order valence-corrected chi connectivity index (χ4v) is 3.75. The number of halogens is 1. The average molecular weight is 474 g/mol. The van der Waals surface area contributed by atoms with Crippen LogP contribution < -0.4 is 27.9 Å². The van der Waals surface area contributed by atoms with E-state index in [9.17, 15) is 10.1 Å². The van der Waals surface area contributed by atoms with Crippen molar-refractivity contribution in [2.24, 2.45) is 0 Å². The van der Waals surface area contributed by atoms with E-state index in [1.54, 1.807) is 0 Å². The van der Waals surface area contributed by atoms with Crippen LogP contribution in [0.3, 0.4) is 0 Å². The molecule has 0 saturated heterocycles. The molecule has 1 amide bonds. The van der Waals surface area contributed by atoms with Gasteiger partial charge >= 0.3 is 0 Å². The lowest BCUT2D eigenvalue weighted by Gasteiger charge is -2.22. The van der Waals surface area contributed by atoms with Crippen molar-refractivity contribution in [3.05, 3.63) is 107 Å². The Hall–Kier alpha value is -3.75. The molecule has 0 aliphatic heterocycles. The zero-order valence-corrected chi connectivity index (χ0v) is 20.5. The number of nitrogens with one attached hydrogen (secondary N) is 2. The summed E-state index contributed by atoms with van der Waals surface area (Å²) in [4.78, 5) is 15.3. The smallest absolute Gasteiger partial charge is 0.264 e. The summed E-state index contributed by atoms with van der Waals surface area (Å²) in [7, 11) is 0. The summed E-state index contributed by atoms with van der Waals surface area (Å²) in [6.45, 7) is 8.14. The zero-order valence-electron chi connectivity index (χ0n) is 19.8. The molecule has 176 valence electrons. The Morgan fingerprint density at radius 3 is 2.00 bits per heavy atom. The standard InChI is InChI=1S/C28H30N4O.ClH/c1-4-32(5-2)25-16-17-26(21(3)18-25)30-20-24(19-29)28(33)31-27(22-12-8-6-9-13-22)23-14-10-7-11-15-23;/h6-18,20,27,30H,4-5H2,1-3H3,(H,31,33);1H/p-1/b24-20-;. The maximum atomic E-state index is 13.0. The molecule has 0 bridgehead atoms. The Bertz CT molecular complexity index is 1100. The van der Waals surface area contributed by atoms with Crippen LogP contribution in [0.1, 0.15) is 36.6 Å². The van der Waals surface area contributed by atoms with E-state index in [2.05, 4.69) is 35.4 Å². The molecule has 6 heteroatoms. The second kappa shape index (κ2) is 13.1. The molecular weight excluding hydrogens is 444 g/mol. The fourth-order valence-electron chi connectivity index (χ4n) is 3.75. The zero-order chi connectivity index (χ0) is 23.6. The molecule has 3 aromatic carbocycles. The quantitative estimate of drug-likeness (QED) is 0.370. The summed E-state index contributed by atoms with van der Waals surface area (Å²) in [6, 6.07) is 27.3. The molecule has 0 saturated carbocycles. The number of hydrogen-bond acceptors (Lipinski definition) is 4. The minimum atomic E-state index is -0.430. The largest absolute Gasteiger partial charge is 1.00 e. The van der Waals surface area contributed by atoms with Crippen LogP contribution in [0, 0.1) is 18.3 Å². The first kappa shape index (κ1) is 26.5. The minimum Gasteiger partial charge on any atom is -1.00 e. The lowest BCUT2D eigenvalue weighted by Crippen LogP contribution is -3.00. The van der Waals surface area contributed by atoms with Crippen LogP contribution in [0.2, 0.25) is 0 Å². The summed E-state index contributed by atoms with van der Waals surface area (Å²) < 4.78 is 0. The Morgan fingerprint density at radius 2 is 1.53 bits per heavy atom. The van der Waals surface area contributed by atoms with Crippen molar-refractivity contribution in [3.63, 3.8) is 0 Å². The first-order valence-electron chi connectivity index (χ1n) is 11.2. The van der Waals surface area contributed by atoms with Crippen molar-refractivity contribution in [2.45, 2.75) is 26.8 Å². The number of aryl methyl sites for hydroxylation is 1. The number of nitriles is 1. The lowest BCUT2D eigenvalue weighted by atomic mass is 9.98. The van der Waals surface area contributed by atoms with Crippen molar-refractivity contribution in [2.75, 3.05) is 23.3 Å². The van der Waals surface area contributed by atoms with Gasteiger partial charge in [-0.2, -0.15) is 5.26 Å². The molecule has 0 fully saturated rings. The number of rotatable bonds is 9. The maximum absolute atomic E-state index is 13.0. The van der Waals surface area contributed by atoms with Gasteiger partial charge in [-0.1, -0.05) is 60.7 Å². The van der Waals surface area contributed by atoms with E-state index in [-0.39, 0.29) is 24.0 Å². The molecule has 0 atom stereocenters. The third kappa shape index (κ3) is 6.63. The highest BCUT2D eigenvalue weighted by atomic mass is 35.5.